The Morgan fingerprint density at radius 2 is 1.89 bits per heavy atom. The zero-order valence-electron chi connectivity index (χ0n) is 14.1. The molecule has 2 aromatic rings. The van der Waals surface area contributed by atoms with Crippen LogP contribution in [-0.2, 0) is 4.79 Å². The maximum Gasteiger partial charge on any atom is 0.262 e. The van der Waals surface area contributed by atoms with Gasteiger partial charge in [0.2, 0.25) is 0 Å². The smallest absolute Gasteiger partial charge is 0.262 e. The van der Waals surface area contributed by atoms with Gasteiger partial charge in [-0.15, -0.1) is 0 Å². The number of carbonyl (C=O) groups is 1. The van der Waals surface area contributed by atoms with Gasteiger partial charge in [0.25, 0.3) is 5.91 Å². The van der Waals surface area contributed by atoms with E-state index in [2.05, 4.69) is 10.9 Å². The summed E-state index contributed by atoms with van der Waals surface area (Å²) in [5.41, 5.74) is 6.15. The van der Waals surface area contributed by atoms with Crippen LogP contribution >= 0.6 is 34.8 Å². The topological polar surface area (TPSA) is 83.4 Å². The minimum absolute atomic E-state index is 0.0879. The second-order valence-electron chi connectivity index (χ2n) is 5.05. The number of rotatable bonds is 7. The molecule has 0 aliphatic rings. The Kier molecular flexibility index (Phi) is 7.62. The van der Waals surface area contributed by atoms with Gasteiger partial charge in [-0.3, -0.25) is 15.6 Å². The molecule has 9 heteroatoms. The summed E-state index contributed by atoms with van der Waals surface area (Å²) in [7, 11) is 1.48. The van der Waals surface area contributed by atoms with Crippen LogP contribution < -0.4 is 20.3 Å². The molecule has 0 heterocycles. The first-order chi connectivity index (χ1) is 12.9. The van der Waals surface area contributed by atoms with Crippen molar-refractivity contribution >= 4 is 52.5 Å². The van der Waals surface area contributed by atoms with Crippen LogP contribution in [0.2, 0.25) is 15.1 Å². The third-order valence-electron chi connectivity index (χ3n) is 3.22. The van der Waals surface area contributed by atoms with Crippen molar-refractivity contribution in [2.75, 3.05) is 19.1 Å². The number of ether oxygens (including phenoxy) is 2. The number of methoxy groups -OCH3 is 1. The Morgan fingerprint density at radius 3 is 2.52 bits per heavy atom. The molecule has 0 bridgehead atoms. The molecule has 0 unspecified atom stereocenters. The molecule has 0 fully saturated rings. The third-order valence-corrected chi connectivity index (χ3v) is 4.04. The quantitative estimate of drug-likeness (QED) is 0.495. The SMILES string of the molecule is COc1cc(C=CC(=O)NNc2c(Cl)cc(Cl)cc2Cl)ccc1OCC#N. The third kappa shape index (κ3) is 5.97. The van der Waals surface area contributed by atoms with Crippen LogP contribution in [-0.4, -0.2) is 19.6 Å². The number of nitrogens with zero attached hydrogens (tertiary/aromatic N) is 1. The zero-order chi connectivity index (χ0) is 19.8. The molecule has 0 spiro atoms. The summed E-state index contributed by atoms with van der Waals surface area (Å²) in [6.45, 7) is -0.0879. The number of nitrogens with one attached hydrogen (secondary N) is 2. The molecule has 0 aliphatic carbocycles. The Hall–Kier alpha value is -2.59. The number of hydrogen-bond acceptors (Lipinski definition) is 5. The molecular weight excluding hydrogens is 413 g/mol. The van der Waals surface area contributed by atoms with Crippen LogP contribution in [0.15, 0.2) is 36.4 Å². The van der Waals surface area contributed by atoms with Gasteiger partial charge in [0.05, 0.1) is 22.8 Å². The molecule has 2 rings (SSSR count). The molecule has 0 aliphatic heterocycles. The van der Waals surface area contributed by atoms with Crippen molar-refractivity contribution in [3.05, 3.63) is 57.0 Å². The standard InChI is InChI=1S/C18H14Cl3N3O3/c1-26-16-8-11(2-4-15(16)27-7-6-22)3-5-17(25)23-24-18-13(20)9-12(19)10-14(18)21/h2-5,8-10,24H,7H2,1H3,(H,23,25). The van der Waals surface area contributed by atoms with Crippen molar-refractivity contribution in [2.24, 2.45) is 0 Å². The lowest BCUT2D eigenvalue weighted by molar-refractivity contribution is -0.115. The lowest BCUT2D eigenvalue weighted by Crippen LogP contribution is -2.27. The Bertz CT molecular complexity index is 887. The van der Waals surface area contributed by atoms with Gasteiger partial charge in [0.1, 0.15) is 6.07 Å². The van der Waals surface area contributed by atoms with Crippen molar-refractivity contribution in [2.45, 2.75) is 0 Å². The number of halogens is 3. The van der Waals surface area contributed by atoms with E-state index in [1.165, 1.54) is 25.3 Å². The molecule has 0 saturated carbocycles. The van der Waals surface area contributed by atoms with Gasteiger partial charge in [-0.2, -0.15) is 5.26 Å². The van der Waals surface area contributed by atoms with E-state index in [-0.39, 0.29) is 16.7 Å². The van der Waals surface area contributed by atoms with Crippen LogP contribution in [0, 0.1) is 11.3 Å². The van der Waals surface area contributed by atoms with Crippen molar-refractivity contribution in [3.8, 4) is 17.6 Å². The summed E-state index contributed by atoms with van der Waals surface area (Å²) in [6.07, 6.45) is 2.90. The van der Waals surface area contributed by atoms with E-state index in [0.717, 1.165) is 0 Å². The van der Waals surface area contributed by atoms with Crippen molar-refractivity contribution in [1.82, 2.24) is 5.43 Å². The van der Waals surface area contributed by atoms with E-state index in [1.54, 1.807) is 24.3 Å². The molecule has 0 saturated heterocycles. The maximum atomic E-state index is 12.0. The lowest BCUT2D eigenvalue weighted by atomic mass is 10.2. The summed E-state index contributed by atoms with van der Waals surface area (Å²) < 4.78 is 10.5. The molecule has 140 valence electrons. The number of benzene rings is 2. The van der Waals surface area contributed by atoms with Gasteiger partial charge in [0.15, 0.2) is 18.1 Å². The normalized spacial score (nSPS) is 10.3. The second kappa shape index (κ2) is 9.93. The van der Waals surface area contributed by atoms with Gasteiger partial charge in [-0.05, 0) is 35.9 Å². The van der Waals surface area contributed by atoms with Crippen LogP contribution in [0.4, 0.5) is 5.69 Å². The van der Waals surface area contributed by atoms with Crippen molar-refractivity contribution in [1.29, 1.82) is 5.26 Å². The van der Waals surface area contributed by atoms with Crippen molar-refractivity contribution < 1.29 is 14.3 Å². The summed E-state index contributed by atoms with van der Waals surface area (Å²) in [5, 5.41) is 9.50. The van der Waals surface area contributed by atoms with E-state index in [9.17, 15) is 4.79 Å². The van der Waals surface area contributed by atoms with Crippen LogP contribution in [0.5, 0.6) is 11.5 Å². The molecule has 2 N–H and O–H groups in total. The minimum Gasteiger partial charge on any atom is -0.493 e. The predicted molar refractivity (Wildman–Crippen MR) is 106 cm³/mol. The fraction of sp³-hybridized carbons (Fsp3) is 0.111. The van der Waals surface area contributed by atoms with Gasteiger partial charge >= 0.3 is 0 Å². The highest BCUT2D eigenvalue weighted by Gasteiger charge is 2.08. The number of anilines is 1. The summed E-state index contributed by atoms with van der Waals surface area (Å²) in [5.74, 6) is 0.459. The highest BCUT2D eigenvalue weighted by atomic mass is 35.5. The molecule has 0 atom stereocenters. The molecule has 27 heavy (non-hydrogen) atoms. The average molecular weight is 427 g/mol. The highest BCUT2D eigenvalue weighted by molar-refractivity contribution is 6.41. The Morgan fingerprint density at radius 1 is 1.19 bits per heavy atom. The van der Waals surface area contributed by atoms with E-state index >= 15 is 0 Å². The number of amides is 1. The minimum atomic E-state index is -0.430. The first-order valence-corrected chi connectivity index (χ1v) is 8.64. The zero-order valence-corrected chi connectivity index (χ0v) is 16.3. The molecular formula is C18H14Cl3N3O3. The van der Waals surface area contributed by atoms with Gasteiger partial charge in [-0.1, -0.05) is 40.9 Å². The van der Waals surface area contributed by atoms with E-state index in [0.29, 0.717) is 27.8 Å². The van der Waals surface area contributed by atoms with Gasteiger partial charge < -0.3 is 9.47 Å². The van der Waals surface area contributed by atoms with Crippen LogP contribution in [0.3, 0.4) is 0 Å². The first-order valence-electron chi connectivity index (χ1n) is 7.51. The number of nitriles is 1. The largest absolute Gasteiger partial charge is 0.493 e. The predicted octanol–water partition coefficient (Wildman–Crippen LogP) is 4.71. The van der Waals surface area contributed by atoms with E-state index in [4.69, 9.17) is 49.5 Å². The maximum absolute atomic E-state index is 12.0. The van der Waals surface area contributed by atoms with E-state index in [1.807, 2.05) is 6.07 Å². The summed E-state index contributed by atoms with van der Waals surface area (Å²) in [6, 6.07) is 9.94. The first kappa shape index (κ1) is 20.7. The summed E-state index contributed by atoms with van der Waals surface area (Å²) in [4.78, 5) is 12.0. The van der Waals surface area contributed by atoms with Crippen LogP contribution in [0.25, 0.3) is 6.08 Å². The second-order valence-corrected chi connectivity index (χ2v) is 6.30. The molecule has 6 nitrogen and oxygen atoms in total. The Balaban J connectivity index is 2.01. The van der Waals surface area contributed by atoms with Gasteiger partial charge in [-0.25, -0.2) is 0 Å². The Labute approximate surface area is 171 Å². The molecule has 0 aromatic heterocycles. The fourth-order valence-corrected chi connectivity index (χ4v) is 2.93. The number of hydrogen-bond donors (Lipinski definition) is 2. The van der Waals surface area contributed by atoms with E-state index < -0.39 is 5.91 Å². The monoisotopic (exact) mass is 425 g/mol. The number of carbonyl (C=O) groups excluding carboxylic acids is 1. The van der Waals surface area contributed by atoms with Crippen molar-refractivity contribution in [3.63, 3.8) is 0 Å². The summed E-state index contributed by atoms with van der Waals surface area (Å²) >= 11 is 17.9. The molecule has 0 radical (unpaired) electrons. The fourth-order valence-electron chi connectivity index (χ4n) is 2.02. The molecule has 1 amide bonds. The number of hydrazine groups is 1. The molecule has 2 aromatic carbocycles. The highest BCUT2D eigenvalue weighted by Crippen LogP contribution is 2.33. The lowest BCUT2D eigenvalue weighted by Gasteiger charge is -2.11. The van der Waals surface area contributed by atoms with Crippen LogP contribution in [0.1, 0.15) is 5.56 Å². The average Bonchev–Trinajstić information content (AvgIpc) is 2.64. The van der Waals surface area contributed by atoms with Gasteiger partial charge in [0, 0.05) is 11.1 Å².